The summed E-state index contributed by atoms with van der Waals surface area (Å²) in [5.74, 6) is 0.146. The van der Waals surface area contributed by atoms with E-state index >= 15 is 0 Å². The van der Waals surface area contributed by atoms with E-state index in [0.29, 0.717) is 25.6 Å². The molecule has 2 heterocycles. The van der Waals surface area contributed by atoms with E-state index in [1.54, 1.807) is 0 Å². The van der Waals surface area contributed by atoms with Crippen molar-refractivity contribution in [3.05, 3.63) is 0 Å². The molecule has 6 nitrogen and oxygen atoms in total. The highest BCUT2D eigenvalue weighted by Crippen LogP contribution is 2.16. The highest BCUT2D eigenvalue weighted by Gasteiger charge is 2.37. The van der Waals surface area contributed by atoms with Gasteiger partial charge in [-0.2, -0.15) is 0 Å². The minimum absolute atomic E-state index is 0.0126. The van der Waals surface area contributed by atoms with Crippen LogP contribution in [0, 0.1) is 0 Å². The van der Waals surface area contributed by atoms with E-state index in [-0.39, 0.29) is 17.9 Å². The molecule has 2 fully saturated rings. The molecule has 2 saturated heterocycles. The summed E-state index contributed by atoms with van der Waals surface area (Å²) < 4.78 is 0. The van der Waals surface area contributed by atoms with Gasteiger partial charge in [-0.25, -0.2) is 0 Å². The van der Waals surface area contributed by atoms with Crippen molar-refractivity contribution in [2.45, 2.75) is 18.5 Å². The fourth-order valence-electron chi connectivity index (χ4n) is 2.24. The van der Waals surface area contributed by atoms with Crippen molar-refractivity contribution in [2.24, 2.45) is 0 Å². The van der Waals surface area contributed by atoms with Crippen LogP contribution in [0.25, 0.3) is 0 Å². The third-order valence-corrected chi connectivity index (χ3v) is 3.18. The summed E-state index contributed by atoms with van der Waals surface area (Å²) in [5, 5.41) is 6.06. The first-order chi connectivity index (χ1) is 8.06. The number of likely N-dealkylation sites (N-methyl/N-ethyl adjacent to an activating group) is 1. The van der Waals surface area contributed by atoms with Crippen molar-refractivity contribution < 1.29 is 9.59 Å². The lowest BCUT2D eigenvalue weighted by Gasteiger charge is -2.35. The van der Waals surface area contributed by atoms with E-state index in [4.69, 9.17) is 0 Å². The van der Waals surface area contributed by atoms with Gasteiger partial charge in [0, 0.05) is 26.1 Å². The second-order valence-corrected chi connectivity index (χ2v) is 5.06. The zero-order chi connectivity index (χ0) is 12.4. The minimum Gasteiger partial charge on any atom is -0.350 e. The predicted octanol–water partition coefficient (Wildman–Crippen LogP) is -1.76. The van der Waals surface area contributed by atoms with Crippen molar-refractivity contribution in [1.82, 2.24) is 20.4 Å². The highest BCUT2D eigenvalue weighted by atomic mass is 16.2. The lowest BCUT2D eigenvalue weighted by atomic mass is 10.1. The number of rotatable bonds is 4. The fraction of sp³-hybridized carbons (Fsp3) is 0.818. The van der Waals surface area contributed by atoms with Crippen LogP contribution in [-0.4, -0.2) is 74.0 Å². The van der Waals surface area contributed by atoms with Gasteiger partial charge in [-0.15, -0.1) is 0 Å². The first-order valence-corrected chi connectivity index (χ1v) is 6.00. The van der Waals surface area contributed by atoms with Crippen molar-refractivity contribution >= 4 is 11.8 Å². The standard InChI is InChI=1S/C11H20N4O2/c1-14(2)7-10(16)13-8-3-11(17)15(6-8)9-4-12-5-9/h8-9,12H,3-7H2,1-2H3,(H,13,16). The number of hydrogen-bond acceptors (Lipinski definition) is 4. The quantitative estimate of drug-likeness (QED) is 0.611. The Kier molecular flexibility index (Phi) is 3.63. The maximum atomic E-state index is 11.8. The molecule has 1 unspecified atom stereocenters. The molecule has 2 amide bonds. The van der Waals surface area contributed by atoms with E-state index in [9.17, 15) is 9.59 Å². The van der Waals surface area contributed by atoms with Crippen molar-refractivity contribution in [3.8, 4) is 0 Å². The molecule has 0 bridgehead atoms. The van der Waals surface area contributed by atoms with Gasteiger partial charge >= 0.3 is 0 Å². The zero-order valence-electron chi connectivity index (χ0n) is 10.4. The molecule has 0 aromatic heterocycles. The van der Waals surface area contributed by atoms with Gasteiger partial charge in [0.25, 0.3) is 0 Å². The number of nitrogens with one attached hydrogen (secondary N) is 2. The van der Waals surface area contributed by atoms with E-state index in [1.165, 1.54) is 0 Å². The van der Waals surface area contributed by atoms with E-state index < -0.39 is 0 Å². The van der Waals surface area contributed by atoms with Crippen LogP contribution in [0.2, 0.25) is 0 Å². The highest BCUT2D eigenvalue weighted by molar-refractivity contribution is 5.83. The molecular formula is C11H20N4O2. The van der Waals surface area contributed by atoms with Gasteiger partial charge in [-0.3, -0.25) is 9.59 Å². The predicted molar refractivity (Wildman–Crippen MR) is 63.5 cm³/mol. The Morgan fingerprint density at radius 2 is 2.24 bits per heavy atom. The summed E-state index contributed by atoms with van der Waals surface area (Å²) in [6.45, 7) is 2.79. The molecule has 0 saturated carbocycles. The molecule has 1 atom stereocenters. The smallest absolute Gasteiger partial charge is 0.234 e. The zero-order valence-corrected chi connectivity index (χ0v) is 10.4. The summed E-state index contributed by atoms with van der Waals surface area (Å²) in [6, 6.07) is 0.314. The molecule has 2 aliphatic rings. The SMILES string of the molecule is CN(C)CC(=O)NC1CC(=O)N(C2CNC2)C1. The largest absolute Gasteiger partial charge is 0.350 e. The Hall–Kier alpha value is -1.14. The average molecular weight is 240 g/mol. The van der Waals surface area contributed by atoms with Gasteiger partial charge in [0.2, 0.25) is 11.8 Å². The maximum absolute atomic E-state index is 11.8. The molecule has 2 N–H and O–H groups in total. The van der Waals surface area contributed by atoms with E-state index in [0.717, 1.165) is 13.1 Å². The van der Waals surface area contributed by atoms with Gasteiger partial charge in [0.05, 0.1) is 18.6 Å². The third-order valence-electron chi connectivity index (χ3n) is 3.18. The topological polar surface area (TPSA) is 64.7 Å². The number of likely N-dealkylation sites (tertiary alicyclic amines) is 1. The number of amides is 2. The molecule has 0 aliphatic carbocycles. The monoisotopic (exact) mass is 240 g/mol. The number of carbonyl (C=O) groups is 2. The second-order valence-electron chi connectivity index (χ2n) is 5.06. The summed E-state index contributed by atoms with van der Waals surface area (Å²) in [5.41, 5.74) is 0. The fourth-order valence-corrected chi connectivity index (χ4v) is 2.24. The first-order valence-electron chi connectivity index (χ1n) is 6.00. The lowest BCUT2D eigenvalue weighted by molar-refractivity contribution is -0.130. The third kappa shape index (κ3) is 2.95. The average Bonchev–Trinajstić information content (AvgIpc) is 2.42. The van der Waals surface area contributed by atoms with Crippen molar-refractivity contribution in [3.63, 3.8) is 0 Å². The van der Waals surface area contributed by atoms with Crippen LogP contribution in [0.5, 0.6) is 0 Å². The van der Waals surface area contributed by atoms with Crippen molar-refractivity contribution in [2.75, 3.05) is 40.3 Å². The number of carbonyl (C=O) groups excluding carboxylic acids is 2. The summed E-state index contributed by atoms with van der Waals surface area (Å²) in [4.78, 5) is 27.0. The summed E-state index contributed by atoms with van der Waals surface area (Å²) in [6.07, 6.45) is 0.440. The van der Waals surface area contributed by atoms with Crippen LogP contribution < -0.4 is 10.6 Å². The van der Waals surface area contributed by atoms with Gasteiger partial charge in [0.15, 0.2) is 0 Å². The Morgan fingerprint density at radius 1 is 1.53 bits per heavy atom. The molecular weight excluding hydrogens is 220 g/mol. The van der Waals surface area contributed by atoms with Gasteiger partial charge < -0.3 is 20.4 Å². The van der Waals surface area contributed by atoms with Crippen LogP contribution in [-0.2, 0) is 9.59 Å². The van der Waals surface area contributed by atoms with E-state index in [1.807, 2.05) is 23.9 Å². The molecule has 0 radical (unpaired) electrons. The van der Waals surface area contributed by atoms with Gasteiger partial charge in [-0.05, 0) is 14.1 Å². The lowest BCUT2D eigenvalue weighted by Crippen LogP contribution is -2.58. The first kappa shape index (κ1) is 12.3. The van der Waals surface area contributed by atoms with Crippen LogP contribution in [0.15, 0.2) is 0 Å². The normalized spacial score (nSPS) is 25.2. The number of hydrogen-bond donors (Lipinski definition) is 2. The van der Waals surface area contributed by atoms with Gasteiger partial charge in [-0.1, -0.05) is 0 Å². The van der Waals surface area contributed by atoms with E-state index in [2.05, 4.69) is 10.6 Å². The Labute approximate surface area is 101 Å². The second kappa shape index (κ2) is 5.01. The molecule has 96 valence electrons. The molecule has 2 aliphatic heterocycles. The van der Waals surface area contributed by atoms with Crippen LogP contribution >= 0.6 is 0 Å². The van der Waals surface area contributed by atoms with Gasteiger partial charge in [0.1, 0.15) is 0 Å². The van der Waals surface area contributed by atoms with Crippen LogP contribution in [0.3, 0.4) is 0 Å². The summed E-state index contributed by atoms with van der Waals surface area (Å²) in [7, 11) is 3.71. The Morgan fingerprint density at radius 3 is 2.76 bits per heavy atom. The maximum Gasteiger partial charge on any atom is 0.234 e. The molecule has 0 aromatic rings. The molecule has 0 spiro atoms. The van der Waals surface area contributed by atoms with Crippen LogP contribution in [0.4, 0.5) is 0 Å². The Balaban J connectivity index is 1.80. The molecule has 2 rings (SSSR count). The number of nitrogens with zero attached hydrogens (tertiary/aromatic N) is 2. The Bertz CT molecular complexity index is 315. The summed E-state index contributed by atoms with van der Waals surface area (Å²) >= 11 is 0. The van der Waals surface area contributed by atoms with Crippen molar-refractivity contribution in [1.29, 1.82) is 0 Å². The minimum atomic E-state index is -0.0180. The van der Waals surface area contributed by atoms with Crippen LogP contribution in [0.1, 0.15) is 6.42 Å². The molecule has 17 heavy (non-hydrogen) atoms. The molecule has 0 aromatic carbocycles. The molecule has 6 heteroatoms.